The van der Waals surface area contributed by atoms with E-state index < -0.39 is 6.23 Å². The first-order valence-electron chi connectivity index (χ1n) is 11.2. The van der Waals surface area contributed by atoms with E-state index in [1.54, 1.807) is 11.0 Å². The summed E-state index contributed by atoms with van der Waals surface area (Å²) < 4.78 is 6.71. The highest BCUT2D eigenvalue weighted by Gasteiger charge is 2.25. The summed E-state index contributed by atoms with van der Waals surface area (Å²) in [4.78, 5) is 13.8. The third-order valence-electron chi connectivity index (χ3n) is 6.63. The Bertz CT molecular complexity index is 1060. The summed E-state index contributed by atoms with van der Waals surface area (Å²) in [5.74, 6) is 0.459. The molecule has 32 heavy (non-hydrogen) atoms. The van der Waals surface area contributed by atoms with Gasteiger partial charge >= 0.3 is 5.97 Å². The fourth-order valence-corrected chi connectivity index (χ4v) is 4.66. The number of fused-ring (bicyclic) bond motifs is 1. The summed E-state index contributed by atoms with van der Waals surface area (Å²) in [6.45, 7) is 2.24. The van der Waals surface area contributed by atoms with Gasteiger partial charge in [0.15, 0.2) is 0 Å². The molecule has 1 fully saturated rings. The van der Waals surface area contributed by atoms with Crippen molar-refractivity contribution in [3.8, 4) is 5.69 Å². The van der Waals surface area contributed by atoms with Gasteiger partial charge in [0.1, 0.15) is 19.2 Å². The van der Waals surface area contributed by atoms with Crippen LogP contribution in [0.25, 0.3) is 5.69 Å². The summed E-state index contributed by atoms with van der Waals surface area (Å²) in [7, 11) is 0. The molecule has 2 aliphatic heterocycles. The standard InChI is InChI=1S/C24H27N5O3/c30-23(14-19-3-6-21(7-4-19)29-16-25-26-27-29)28-11-9-17(10-12-28)1-2-18-5-8-22-20(13-18)15-32-24(22)31/h3-8,13,16-17,23,30H,1-2,9-12,14-15H2. The number of aromatic nitrogens is 4. The number of piperidine rings is 1. The van der Waals surface area contributed by atoms with Crippen molar-refractivity contribution in [3.63, 3.8) is 0 Å². The molecule has 0 aliphatic carbocycles. The number of aryl methyl sites for hydroxylation is 1. The normalized spacial score (nSPS) is 17.8. The van der Waals surface area contributed by atoms with Crippen LogP contribution in [0.4, 0.5) is 0 Å². The Kier molecular flexibility index (Phi) is 5.96. The Hall–Kier alpha value is -3.10. The minimum atomic E-state index is -0.468. The van der Waals surface area contributed by atoms with Crippen molar-refractivity contribution in [1.82, 2.24) is 25.1 Å². The number of carbonyl (C=O) groups excluding carboxylic acids is 1. The van der Waals surface area contributed by atoms with Crippen LogP contribution in [0.15, 0.2) is 48.8 Å². The largest absolute Gasteiger partial charge is 0.457 e. The number of rotatable bonds is 7. The molecule has 2 aliphatic rings. The maximum absolute atomic E-state index is 11.6. The summed E-state index contributed by atoms with van der Waals surface area (Å²) in [6.07, 6.45) is 6.05. The van der Waals surface area contributed by atoms with Gasteiger partial charge in [-0.1, -0.05) is 24.3 Å². The maximum atomic E-state index is 11.6. The summed E-state index contributed by atoms with van der Waals surface area (Å²) >= 11 is 0. The van der Waals surface area contributed by atoms with Crippen LogP contribution in [0.3, 0.4) is 0 Å². The number of hydrogen-bond acceptors (Lipinski definition) is 7. The highest BCUT2D eigenvalue weighted by molar-refractivity contribution is 5.93. The lowest BCUT2D eigenvalue weighted by Crippen LogP contribution is -2.42. The predicted molar refractivity (Wildman–Crippen MR) is 117 cm³/mol. The lowest BCUT2D eigenvalue weighted by Gasteiger charge is -2.35. The number of nitrogens with zero attached hydrogens (tertiary/aromatic N) is 5. The highest BCUT2D eigenvalue weighted by Crippen LogP contribution is 2.26. The quantitative estimate of drug-likeness (QED) is 0.572. The van der Waals surface area contributed by atoms with E-state index in [9.17, 15) is 9.90 Å². The van der Waals surface area contributed by atoms with Crippen LogP contribution in [0, 0.1) is 5.92 Å². The van der Waals surface area contributed by atoms with Gasteiger partial charge in [0.05, 0.1) is 11.3 Å². The van der Waals surface area contributed by atoms with E-state index in [4.69, 9.17) is 4.74 Å². The van der Waals surface area contributed by atoms with Gasteiger partial charge in [-0.2, -0.15) is 0 Å². The number of aliphatic hydroxyl groups excluding tert-OH is 1. The van der Waals surface area contributed by atoms with Crippen LogP contribution in [-0.4, -0.2) is 55.5 Å². The SMILES string of the molecule is O=C1OCc2cc(CCC3CCN(C(O)Cc4ccc(-n5cnnn5)cc4)CC3)ccc21. The van der Waals surface area contributed by atoms with Crippen LogP contribution in [-0.2, 0) is 24.2 Å². The van der Waals surface area contributed by atoms with E-state index >= 15 is 0 Å². The first kappa shape index (κ1) is 20.8. The molecule has 3 aromatic rings. The molecule has 2 aromatic carbocycles. The first-order chi connectivity index (χ1) is 15.7. The number of tetrazole rings is 1. The van der Waals surface area contributed by atoms with E-state index in [0.29, 0.717) is 24.5 Å². The van der Waals surface area contributed by atoms with Gasteiger partial charge in [0.25, 0.3) is 0 Å². The Balaban J connectivity index is 1.08. The number of hydrogen-bond donors (Lipinski definition) is 1. The van der Waals surface area contributed by atoms with Crippen molar-refractivity contribution in [2.75, 3.05) is 13.1 Å². The van der Waals surface area contributed by atoms with Gasteiger partial charge < -0.3 is 9.84 Å². The molecule has 0 amide bonds. The van der Waals surface area contributed by atoms with Gasteiger partial charge in [0.2, 0.25) is 0 Å². The molecule has 166 valence electrons. The molecule has 8 heteroatoms. The smallest absolute Gasteiger partial charge is 0.338 e. The molecule has 0 saturated carbocycles. The third-order valence-corrected chi connectivity index (χ3v) is 6.63. The van der Waals surface area contributed by atoms with Crippen LogP contribution in [0.1, 0.15) is 46.3 Å². The number of benzene rings is 2. The van der Waals surface area contributed by atoms with Crippen LogP contribution in [0.5, 0.6) is 0 Å². The average molecular weight is 434 g/mol. The topological polar surface area (TPSA) is 93.4 Å². The molecule has 0 radical (unpaired) electrons. The molecule has 1 N–H and O–H groups in total. The highest BCUT2D eigenvalue weighted by atomic mass is 16.5. The van der Waals surface area contributed by atoms with Crippen LogP contribution in [0.2, 0.25) is 0 Å². The maximum Gasteiger partial charge on any atom is 0.338 e. The second-order valence-electron chi connectivity index (χ2n) is 8.69. The van der Waals surface area contributed by atoms with E-state index in [2.05, 4.69) is 32.6 Å². The molecule has 3 heterocycles. The van der Waals surface area contributed by atoms with E-state index in [0.717, 1.165) is 55.6 Å². The van der Waals surface area contributed by atoms with Gasteiger partial charge in [-0.15, -0.1) is 5.10 Å². The number of ether oxygens (including phenoxy) is 1. The molecule has 1 saturated heterocycles. The summed E-state index contributed by atoms with van der Waals surface area (Å²) in [5.41, 5.74) is 4.99. The molecule has 5 rings (SSSR count). The Morgan fingerprint density at radius 3 is 2.62 bits per heavy atom. The minimum absolute atomic E-state index is 0.207. The lowest BCUT2D eigenvalue weighted by molar-refractivity contribution is -0.0166. The van der Waals surface area contributed by atoms with Crippen molar-refractivity contribution in [3.05, 3.63) is 71.0 Å². The first-order valence-corrected chi connectivity index (χ1v) is 11.2. The monoisotopic (exact) mass is 433 g/mol. The van der Waals surface area contributed by atoms with Crippen molar-refractivity contribution in [1.29, 1.82) is 0 Å². The molecule has 1 atom stereocenters. The third kappa shape index (κ3) is 4.56. The zero-order valence-corrected chi connectivity index (χ0v) is 17.9. The Morgan fingerprint density at radius 2 is 1.88 bits per heavy atom. The second kappa shape index (κ2) is 9.18. The molecular weight excluding hydrogens is 406 g/mol. The zero-order valence-electron chi connectivity index (χ0n) is 17.9. The summed E-state index contributed by atoms with van der Waals surface area (Å²) in [6, 6.07) is 14.0. The van der Waals surface area contributed by atoms with Crippen molar-refractivity contribution in [2.45, 2.75) is 44.9 Å². The zero-order chi connectivity index (χ0) is 21.9. The molecular formula is C24H27N5O3. The molecule has 0 spiro atoms. The number of carbonyl (C=O) groups is 1. The molecule has 1 aromatic heterocycles. The number of esters is 1. The number of likely N-dealkylation sites (tertiary alicyclic amines) is 1. The van der Waals surface area contributed by atoms with Crippen LogP contribution < -0.4 is 0 Å². The minimum Gasteiger partial charge on any atom is -0.457 e. The van der Waals surface area contributed by atoms with Gasteiger partial charge in [-0.25, -0.2) is 9.48 Å². The van der Waals surface area contributed by atoms with Gasteiger partial charge in [-0.05, 0) is 71.4 Å². The molecule has 8 nitrogen and oxygen atoms in total. The fraction of sp³-hybridized carbons (Fsp3) is 0.417. The molecule has 0 bridgehead atoms. The van der Waals surface area contributed by atoms with E-state index in [-0.39, 0.29) is 5.97 Å². The van der Waals surface area contributed by atoms with Gasteiger partial charge in [0, 0.05) is 25.1 Å². The summed E-state index contributed by atoms with van der Waals surface area (Å²) in [5, 5.41) is 21.9. The fourth-order valence-electron chi connectivity index (χ4n) is 4.66. The van der Waals surface area contributed by atoms with E-state index in [1.165, 1.54) is 5.56 Å². The Morgan fingerprint density at radius 1 is 1.09 bits per heavy atom. The van der Waals surface area contributed by atoms with Crippen molar-refractivity contribution in [2.24, 2.45) is 5.92 Å². The molecule has 1 unspecified atom stereocenters. The predicted octanol–water partition coefficient (Wildman–Crippen LogP) is 2.54. The van der Waals surface area contributed by atoms with Gasteiger partial charge in [-0.3, -0.25) is 4.90 Å². The number of aliphatic hydroxyl groups is 1. The lowest BCUT2D eigenvalue weighted by atomic mass is 9.89. The van der Waals surface area contributed by atoms with Crippen LogP contribution >= 0.6 is 0 Å². The van der Waals surface area contributed by atoms with E-state index in [1.807, 2.05) is 30.3 Å². The van der Waals surface area contributed by atoms with Crippen molar-refractivity contribution < 1.29 is 14.6 Å². The second-order valence-corrected chi connectivity index (χ2v) is 8.69. The number of cyclic esters (lactones) is 1. The van der Waals surface area contributed by atoms with Crippen molar-refractivity contribution >= 4 is 5.97 Å². The Labute approximate surface area is 186 Å². The average Bonchev–Trinajstić information content (AvgIpc) is 3.49.